The van der Waals surface area contributed by atoms with Gasteiger partial charge in [0.05, 0.1) is 35.7 Å². The smallest absolute Gasteiger partial charge is 0.222 e. The van der Waals surface area contributed by atoms with Crippen molar-refractivity contribution in [2.75, 3.05) is 75.2 Å². The third kappa shape index (κ3) is 7.29. The topological polar surface area (TPSA) is 108 Å². The minimum absolute atomic E-state index is 0.0303. The second-order valence-corrected chi connectivity index (χ2v) is 12.9. The van der Waals surface area contributed by atoms with Crippen LogP contribution in [0.1, 0.15) is 55.8 Å². The molecule has 1 unspecified atom stereocenters. The van der Waals surface area contributed by atoms with Crippen LogP contribution >= 0.6 is 11.3 Å². The lowest BCUT2D eigenvalue weighted by Crippen LogP contribution is -2.39. The number of hydrogen-bond acceptors (Lipinski definition) is 10. The number of hydrogen-bond donors (Lipinski definition) is 3. The monoisotopic (exact) mass is 607 g/mol. The molecule has 2 aromatic heterocycles. The first-order valence-corrected chi connectivity index (χ1v) is 16.8. The highest BCUT2D eigenvalue weighted by Gasteiger charge is 2.30. The van der Waals surface area contributed by atoms with E-state index in [1.54, 1.807) is 11.3 Å². The van der Waals surface area contributed by atoms with Crippen LogP contribution in [0.2, 0.25) is 0 Å². The molecular formula is C32H45N7O3S. The number of anilines is 2. The molecule has 1 atom stereocenters. The molecule has 3 saturated heterocycles. The number of thiazole rings is 1. The maximum Gasteiger partial charge on any atom is 0.222 e. The molecule has 43 heavy (non-hydrogen) atoms. The molecule has 3 N–H and O–H groups in total. The van der Waals surface area contributed by atoms with Crippen molar-refractivity contribution in [3.05, 3.63) is 47.1 Å². The molecule has 0 saturated carbocycles. The number of carbonyl (C=O) groups excluding carboxylic acids is 1. The molecule has 232 valence electrons. The number of carbonyl (C=O) groups is 1. The largest absolute Gasteiger partial charge is 0.393 e. The molecule has 0 spiro atoms. The maximum atomic E-state index is 13.3. The molecule has 0 bridgehead atoms. The van der Waals surface area contributed by atoms with Gasteiger partial charge in [-0.3, -0.25) is 14.7 Å². The van der Waals surface area contributed by atoms with Gasteiger partial charge in [-0.25, -0.2) is 4.98 Å². The maximum absolute atomic E-state index is 13.3. The highest BCUT2D eigenvalue weighted by Crippen LogP contribution is 2.34. The van der Waals surface area contributed by atoms with Crippen molar-refractivity contribution in [3.63, 3.8) is 0 Å². The average molecular weight is 608 g/mol. The average Bonchev–Trinajstić information content (AvgIpc) is 3.68. The number of aromatic nitrogens is 2. The van der Waals surface area contributed by atoms with Crippen molar-refractivity contribution in [1.29, 1.82) is 0 Å². The van der Waals surface area contributed by atoms with Crippen molar-refractivity contribution in [3.8, 4) is 0 Å². The fourth-order valence-corrected chi connectivity index (χ4v) is 7.71. The van der Waals surface area contributed by atoms with Crippen LogP contribution < -0.4 is 15.1 Å². The number of aliphatic hydroxyl groups is 2. The van der Waals surface area contributed by atoms with E-state index in [1.807, 2.05) is 24.4 Å². The molecule has 3 aliphatic heterocycles. The van der Waals surface area contributed by atoms with Crippen LogP contribution in [0, 0.1) is 0 Å². The number of likely N-dealkylation sites (tertiary alicyclic amines) is 1. The number of fused-ring (bicyclic) bond motifs is 1. The summed E-state index contributed by atoms with van der Waals surface area (Å²) in [5.41, 5.74) is 3.79. The normalized spacial score (nSPS) is 20.0. The van der Waals surface area contributed by atoms with Crippen molar-refractivity contribution < 1.29 is 15.0 Å². The number of amides is 1. The number of aliphatic hydroxyl groups excluding tert-OH is 2. The van der Waals surface area contributed by atoms with E-state index in [0.717, 1.165) is 111 Å². The van der Waals surface area contributed by atoms with Crippen molar-refractivity contribution >= 4 is 39.0 Å². The molecule has 11 heteroatoms. The highest BCUT2D eigenvalue weighted by atomic mass is 32.1. The summed E-state index contributed by atoms with van der Waals surface area (Å²) in [6.07, 6.45) is 6.92. The van der Waals surface area contributed by atoms with Gasteiger partial charge in [0.1, 0.15) is 0 Å². The number of benzene rings is 1. The third-order valence-corrected chi connectivity index (χ3v) is 10.1. The van der Waals surface area contributed by atoms with Gasteiger partial charge in [-0.1, -0.05) is 18.2 Å². The van der Waals surface area contributed by atoms with Gasteiger partial charge in [0.2, 0.25) is 5.91 Å². The lowest BCUT2D eigenvalue weighted by atomic mass is 10.1. The standard InChI is InChI=1S/C32H45N7O3S/c40-22-25-7-6-24-5-3-10-34-30(24)31(25)38-15-4-14-37(19-20-38)28(21-29(42)33-11-18-36-12-1-2-13-36)27-23-43-32(35-27)39-16-8-26(41)9-17-39/h3,5-7,10,23,26,28,40-41H,1-2,4,8-9,11-22H2,(H,33,42). The summed E-state index contributed by atoms with van der Waals surface area (Å²) in [5, 5.41) is 27.5. The van der Waals surface area contributed by atoms with Gasteiger partial charge in [0.15, 0.2) is 5.13 Å². The van der Waals surface area contributed by atoms with E-state index < -0.39 is 0 Å². The SMILES string of the molecule is O=C(CC(c1csc(N2CCC(O)CC2)n1)N1CCCN(c2c(CO)ccc3cccnc23)CC1)NCCN1CCCC1. The first-order chi connectivity index (χ1) is 21.1. The van der Waals surface area contributed by atoms with Gasteiger partial charge in [-0.15, -0.1) is 11.3 Å². The zero-order chi connectivity index (χ0) is 29.6. The molecule has 3 aromatic rings. The van der Waals surface area contributed by atoms with Crippen molar-refractivity contribution in [2.45, 2.75) is 57.3 Å². The number of nitrogens with zero attached hydrogens (tertiary/aromatic N) is 6. The summed E-state index contributed by atoms with van der Waals surface area (Å²) < 4.78 is 0. The first kappa shape index (κ1) is 30.2. The Morgan fingerprint density at radius 1 is 1.00 bits per heavy atom. The molecule has 0 aliphatic carbocycles. The zero-order valence-electron chi connectivity index (χ0n) is 25.0. The second kappa shape index (κ2) is 14.3. The predicted octanol–water partition coefficient (Wildman–Crippen LogP) is 3.00. The highest BCUT2D eigenvalue weighted by molar-refractivity contribution is 7.13. The van der Waals surface area contributed by atoms with E-state index in [-0.39, 0.29) is 24.7 Å². The van der Waals surface area contributed by atoms with E-state index in [1.165, 1.54) is 12.8 Å². The summed E-state index contributed by atoms with van der Waals surface area (Å²) in [6.45, 7) is 8.69. The molecule has 6 rings (SSSR count). The molecule has 3 fully saturated rings. The summed E-state index contributed by atoms with van der Waals surface area (Å²) >= 11 is 1.64. The summed E-state index contributed by atoms with van der Waals surface area (Å²) in [6, 6.07) is 7.94. The van der Waals surface area contributed by atoms with Gasteiger partial charge in [-0.05, 0) is 51.3 Å². The molecular weight excluding hydrogens is 562 g/mol. The lowest BCUT2D eigenvalue weighted by Gasteiger charge is -2.31. The Morgan fingerprint density at radius 3 is 2.65 bits per heavy atom. The van der Waals surface area contributed by atoms with Crippen LogP contribution in [-0.2, 0) is 11.4 Å². The summed E-state index contributed by atoms with van der Waals surface area (Å²) in [5.74, 6) is 0.0711. The molecule has 1 amide bonds. The number of pyridine rings is 1. The predicted molar refractivity (Wildman–Crippen MR) is 172 cm³/mol. The van der Waals surface area contributed by atoms with Gasteiger partial charge in [-0.2, -0.15) is 0 Å². The van der Waals surface area contributed by atoms with Gasteiger partial charge < -0.3 is 30.2 Å². The van der Waals surface area contributed by atoms with Crippen LogP contribution in [0.5, 0.6) is 0 Å². The Labute approximate surface area is 258 Å². The van der Waals surface area contributed by atoms with Crippen LogP contribution in [0.25, 0.3) is 10.9 Å². The number of piperidine rings is 1. The number of nitrogens with one attached hydrogen (secondary N) is 1. The van der Waals surface area contributed by atoms with Crippen molar-refractivity contribution in [2.24, 2.45) is 0 Å². The fourth-order valence-electron chi connectivity index (χ4n) is 6.78. The summed E-state index contributed by atoms with van der Waals surface area (Å²) in [7, 11) is 0. The van der Waals surface area contributed by atoms with E-state index in [4.69, 9.17) is 9.97 Å². The van der Waals surface area contributed by atoms with Crippen LogP contribution in [0.3, 0.4) is 0 Å². The Balaban J connectivity index is 1.19. The molecule has 1 aromatic carbocycles. The Bertz CT molecular complexity index is 1360. The minimum Gasteiger partial charge on any atom is -0.393 e. The van der Waals surface area contributed by atoms with E-state index in [0.29, 0.717) is 13.0 Å². The first-order valence-electron chi connectivity index (χ1n) is 15.9. The Hall–Kier alpha value is -2.83. The second-order valence-electron chi connectivity index (χ2n) is 12.1. The van der Waals surface area contributed by atoms with Gasteiger partial charge in [0, 0.05) is 81.3 Å². The zero-order valence-corrected chi connectivity index (χ0v) is 25.9. The quantitative estimate of drug-likeness (QED) is 0.321. The van der Waals surface area contributed by atoms with Crippen LogP contribution in [0.4, 0.5) is 10.8 Å². The van der Waals surface area contributed by atoms with E-state index >= 15 is 0 Å². The van der Waals surface area contributed by atoms with Gasteiger partial charge >= 0.3 is 0 Å². The number of rotatable bonds is 10. The molecule has 0 radical (unpaired) electrons. The Kier molecular flexibility index (Phi) is 10.0. The van der Waals surface area contributed by atoms with Crippen LogP contribution in [0.15, 0.2) is 35.8 Å². The Morgan fingerprint density at radius 2 is 1.84 bits per heavy atom. The molecule has 3 aliphatic rings. The minimum atomic E-state index is -0.226. The van der Waals surface area contributed by atoms with E-state index in [9.17, 15) is 15.0 Å². The van der Waals surface area contributed by atoms with Crippen LogP contribution in [-0.4, -0.2) is 107 Å². The van der Waals surface area contributed by atoms with E-state index in [2.05, 4.69) is 36.4 Å². The lowest BCUT2D eigenvalue weighted by molar-refractivity contribution is -0.122. The molecule has 10 nitrogen and oxygen atoms in total. The fraction of sp³-hybridized carbons (Fsp3) is 0.594. The third-order valence-electron chi connectivity index (χ3n) is 9.20. The molecule has 5 heterocycles. The van der Waals surface area contributed by atoms with Gasteiger partial charge in [0.25, 0.3) is 0 Å². The summed E-state index contributed by atoms with van der Waals surface area (Å²) in [4.78, 5) is 32.6. The van der Waals surface area contributed by atoms with Crippen molar-refractivity contribution in [1.82, 2.24) is 25.1 Å².